The molecule has 0 unspecified atom stereocenters. The Labute approximate surface area is 121 Å². The highest BCUT2D eigenvalue weighted by Crippen LogP contribution is 2.15. The molecule has 0 aliphatic rings. The lowest BCUT2D eigenvalue weighted by molar-refractivity contribution is -0.142. The van der Waals surface area contributed by atoms with E-state index in [4.69, 9.17) is 17.0 Å². The minimum atomic E-state index is -0.211. The molecule has 5 heteroatoms. The van der Waals surface area contributed by atoms with Crippen molar-refractivity contribution in [3.05, 3.63) is 50.9 Å². The van der Waals surface area contributed by atoms with Crippen LogP contribution < -0.4 is 0 Å². The van der Waals surface area contributed by atoms with Crippen molar-refractivity contribution >= 4 is 29.5 Å². The summed E-state index contributed by atoms with van der Waals surface area (Å²) in [4.78, 5) is 11.6. The third-order valence-electron chi connectivity index (χ3n) is 2.68. The molecule has 0 spiro atoms. The van der Waals surface area contributed by atoms with Crippen molar-refractivity contribution in [2.45, 2.75) is 19.9 Å². The number of aromatic nitrogens is 1. The highest BCUT2D eigenvalue weighted by molar-refractivity contribution is 7.73. The van der Waals surface area contributed by atoms with Crippen molar-refractivity contribution in [2.24, 2.45) is 0 Å². The van der Waals surface area contributed by atoms with E-state index in [2.05, 4.69) is 0 Å². The summed E-state index contributed by atoms with van der Waals surface area (Å²) in [7, 11) is 0. The smallest absolute Gasteiger partial charge is 0.311 e. The van der Waals surface area contributed by atoms with Crippen LogP contribution in [0, 0.1) is 3.95 Å². The first-order valence-corrected chi connectivity index (χ1v) is 7.36. The van der Waals surface area contributed by atoms with E-state index < -0.39 is 0 Å². The molecule has 1 heterocycles. The molecular formula is C14H15NO2S2. The van der Waals surface area contributed by atoms with E-state index in [1.807, 2.05) is 47.2 Å². The third-order valence-corrected chi connectivity index (χ3v) is 4.00. The van der Waals surface area contributed by atoms with Crippen LogP contribution in [-0.2, 0) is 22.5 Å². The Balaban J connectivity index is 2.18. The van der Waals surface area contributed by atoms with E-state index >= 15 is 0 Å². The van der Waals surface area contributed by atoms with Gasteiger partial charge < -0.3 is 9.30 Å². The van der Waals surface area contributed by atoms with Gasteiger partial charge in [0.05, 0.1) is 13.0 Å². The number of benzene rings is 1. The van der Waals surface area contributed by atoms with Crippen molar-refractivity contribution < 1.29 is 9.53 Å². The van der Waals surface area contributed by atoms with E-state index in [0.29, 0.717) is 13.2 Å². The highest BCUT2D eigenvalue weighted by Gasteiger charge is 2.10. The molecule has 19 heavy (non-hydrogen) atoms. The minimum absolute atomic E-state index is 0.211. The van der Waals surface area contributed by atoms with Gasteiger partial charge in [-0.05, 0) is 24.7 Å². The van der Waals surface area contributed by atoms with Crippen LogP contribution in [0.15, 0.2) is 35.7 Å². The van der Waals surface area contributed by atoms with E-state index in [0.717, 1.165) is 9.65 Å². The second-order valence-corrected chi connectivity index (χ2v) is 5.55. The van der Waals surface area contributed by atoms with Crippen LogP contribution in [0.1, 0.15) is 18.2 Å². The van der Waals surface area contributed by atoms with Crippen LogP contribution in [0.2, 0.25) is 0 Å². The van der Waals surface area contributed by atoms with Gasteiger partial charge in [0.15, 0.2) is 3.95 Å². The molecule has 0 saturated carbocycles. The number of esters is 1. The summed E-state index contributed by atoms with van der Waals surface area (Å²) in [5.41, 5.74) is 2.08. The van der Waals surface area contributed by atoms with Crippen LogP contribution in [0.25, 0.3) is 0 Å². The van der Waals surface area contributed by atoms with Gasteiger partial charge in [0.25, 0.3) is 0 Å². The van der Waals surface area contributed by atoms with Gasteiger partial charge in [-0.3, -0.25) is 4.79 Å². The van der Waals surface area contributed by atoms with Crippen LogP contribution in [0.5, 0.6) is 0 Å². The molecule has 0 saturated heterocycles. The number of rotatable bonds is 5. The molecule has 1 aromatic heterocycles. The van der Waals surface area contributed by atoms with Crippen molar-refractivity contribution in [1.82, 2.24) is 4.57 Å². The summed E-state index contributed by atoms with van der Waals surface area (Å²) in [5.74, 6) is -0.211. The topological polar surface area (TPSA) is 31.2 Å². The number of nitrogens with zero attached hydrogens (tertiary/aromatic N) is 1. The summed E-state index contributed by atoms with van der Waals surface area (Å²) in [6.45, 7) is 2.91. The fourth-order valence-corrected chi connectivity index (χ4v) is 2.87. The number of hydrogen-bond acceptors (Lipinski definition) is 4. The Morgan fingerprint density at radius 3 is 2.79 bits per heavy atom. The number of carbonyl (C=O) groups excluding carboxylic acids is 1. The van der Waals surface area contributed by atoms with Gasteiger partial charge in [-0.2, -0.15) is 0 Å². The monoisotopic (exact) mass is 293 g/mol. The minimum Gasteiger partial charge on any atom is -0.466 e. The second-order valence-electron chi connectivity index (χ2n) is 4.05. The lowest BCUT2D eigenvalue weighted by Gasteiger charge is -2.08. The highest BCUT2D eigenvalue weighted by atomic mass is 32.1. The predicted octanol–water partition coefficient (Wildman–Crippen LogP) is 3.43. The van der Waals surface area contributed by atoms with Gasteiger partial charge in [0, 0.05) is 17.6 Å². The van der Waals surface area contributed by atoms with Crippen LogP contribution in [0.4, 0.5) is 0 Å². The average Bonchev–Trinajstić information content (AvgIpc) is 2.73. The maximum absolute atomic E-state index is 11.6. The van der Waals surface area contributed by atoms with Gasteiger partial charge in [-0.25, -0.2) is 0 Å². The Hall–Kier alpha value is -1.46. The zero-order valence-corrected chi connectivity index (χ0v) is 12.3. The summed E-state index contributed by atoms with van der Waals surface area (Å²) >= 11 is 6.80. The van der Waals surface area contributed by atoms with Gasteiger partial charge >= 0.3 is 5.97 Å². The van der Waals surface area contributed by atoms with Crippen LogP contribution in [0.3, 0.4) is 0 Å². The summed E-state index contributed by atoms with van der Waals surface area (Å²) in [6.07, 6.45) is 0.272. The molecule has 0 atom stereocenters. The fraction of sp³-hybridized carbons (Fsp3) is 0.286. The Morgan fingerprint density at radius 2 is 2.11 bits per heavy atom. The first kappa shape index (κ1) is 14.0. The molecule has 0 bridgehead atoms. The molecule has 0 aliphatic carbocycles. The number of ether oxygens (including phenoxy) is 1. The first-order chi connectivity index (χ1) is 9.20. The van der Waals surface area contributed by atoms with Crippen molar-refractivity contribution in [1.29, 1.82) is 0 Å². The predicted molar refractivity (Wildman–Crippen MR) is 79.0 cm³/mol. The summed E-state index contributed by atoms with van der Waals surface area (Å²) < 4.78 is 7.75. The number of carbonyl (C=O) groups is 1. The van der Waals surface area contributed by atoms with E-state index in [-0.39, 0.29) is 12.4 Å². The summed E-state index contributed by atoms with van der Waals surface area (Å²) in [5, 5.41) is 1.93. The van der Waals surface area contributed by atoms with E-state index in [9.17, 15) is 4.79 Å². The van der Waals surface area contributed by atoms with Gasteiger partial charge in [-0.1, -0.05) is 30.3 Å². The molecular weight excluding hydrogens is 278 g/mol. The van der Waals surface area contributed by atoms with E-state index in [1.54, 1.807) is 0 Å². The van der Waals surface area contributed by atoms with E-state index in [1.165, 1.54) is 16.9 Å². The lowest BCUT2D eigenvalue weighted by Crippen LogP contribution is -2.12. The normalized spacial score (nSPS) is 10.4. The largest absolute Gasteiger partial charge is 0.466 e. The zero-order chi connectivity index (χ0) is 13.7. The SMILES string of the molecule is CCOC(=O)Cc1csc(=S)n1Cc1ccccc1. The van der Waals surface area contributed by atoms with Crippen LogP contribution in [-0.4, -0.2) is 17.1 Å². The van der Waals surface area contributed by atoms with Gasteiger partial charge in [-0.15, -0.1) is 11.3 Å². The fourth-order valence-electron chi connectivity index (χ4n) is 1.79. The molecule has 0 fully saturated rings. The standard InChI is InChI=1S/C14H15NO2S2/c1-2-17-13(16)8-12-10-19-14(18)15(12)9-11-6-4-3-5-7-11/h3-7,10H,2,8-9H2,1H3. The molecule has 0 radical (unpaired) electrons. The third kappa shape index (κ3) is 3.75. The quantitative estimate of drug-likeness (QED) is 0.625. The molecule has 2 rings (SSSR count). The molecule has 0 aliphatic heterocycles. The van der Waals surface area contributed by atoms with Crippen LogP contribution >= 0.6 is 23.6 Å². The molecule has 1 aromatic carbocycles. The first-order valence-electron chi connectivity index (χ1n) is 6.07. The molecule has 100 valence electrons. The summed E-state index contributed by atoms with van der Waals surface area (Å²) in [6, 6.07) is 10.1. The second kappa shape index (κ2) is 6.63. The lowest BCUT2D eigenvalue weighted by atomic mass is 10.2. The Morgan fingerprint density at radius 1 is 1.37 bits per heavy atom. The van der Waals surface area contributed by atoms with Crippen molar-refractivity contribution in [2.75, 3.05) is 6.61 Å². The zero-order valence-electron chi connectivity index (χ0n) is 10.7. The molecule has 2 aromatic rings. The Bertz CT molecular complexity index is 601. The maximum atomic E-state index is 11.6. The van der Waals surface area contributed by atoms with Crippen molar-refractivity contribution in [3.63, 3.8) is 0 Å². The molecule has 3 nitrogen and oxygen atoms in total. The number of hydrogen-bond donors (Lipinski definition) is 0. The molecule has 0 amide bonds. The maximum Gasteiger partial charge on any atom is 0.311 e. The average molecular weight is 293 g/mol. The molecule has 0 N–H and O–H groups in total. The number of thiazole rings is 1. The van der Waals surface area contributed by atoms with Gasteiger partial charge in [0.1, 0.15) is 0 Å². The van der Waals surface area contributed by atoms with Crippen molar-refractivity contribution in [3.8, 4) is 0 Å². The van der Waals surface area contributed by atoms with Gasteiger partial charge in [0.2, 0.25) is 0 Å². The Kier molecular flexibility index (Phi) is 4.87.